The molecule has 0 atom stereocenters. The average molecular weight is 323 g/mol. The number of aliphatic imine (C=N–C) groups is 1. The Morgan fingerprint density at radius 1 is 1.30 bits per heavy atom. The van der Waals surface area contributed by atoms with Gasteiger partial charge in [-0.3, -0.25) is 9.79 Å². The Morgan fingerprint density at radius 2 is 2.00 bits per heavy atom. The number of nitrogens with one attached hydrogen (secondary N) is 1. The van der Waals surface area contributed by atoms with E-state index in [9.17, 15) is 9.18 Å². The molecule has 0 amide bonds. The molecule has 23 heavy (non-hydrogen) atoms. The van der Waals surface area contributed by atoms with E-state index in [2.05, 4.69) is 15.0 Å². The Hall–Kier alpha value is -2.11. The number of unbranched alkanes of at least 4 members (excludes halogenated alkanes) is 1. The van der Waals surface area contributed by atoms with Crippen LogP contribution in [0.2, 0.25) is 0 Å². The van der Waals surface area contributed by atoms with E-state index >= 15 is 0 Å². The molecule has 128 valence electrons. The average Bonchev–Trinajstić information content (AvgIpc) is 2.55. The zero-order valence-electron chi connectivity index (χ0n) is 14.1. The highest BCUT2D eigenvalue weighted by Gasteiger charge is 2.06. The highest BCUT2D eigenvalue weighted by molar-refractivity contribution is 5.79. The summed E-state index contributed by atoms with van der Waals surface area (Å²) in [6.45, 7) is 4.08. The molecule has 0 unspecified atom stereocenters. The third kappa shape index (κ3) is 7.63. The maximum Gasteiger partial charge on any atom is 0.305 e. The molecule has 1 aromatic carbocycles. The van der Waals surface area contributed by atoms with Crippen molar-refractivity contribution >= 4 is 11.9 Å². The zero-order valence-corrected chi connectivity index (χ0v) is 14.1. The van der Waals surface area contributed by atoms with Crippen molar-refractivity contribution in [2.24, 2.45) is 4.99 Å². The Kier molecular flexibility index (Phi) is 8.72. The number of carbonyl (C=O) groups is 1. The van der Waals surface area contributed by atoms with E-state index in [0.29, 0.717) is 19.5 Å². The standard InChI is InChI=1S/C17H26FN3O2/c1-4-19-17(20-12-6-5-7-16(22)23-3)21(2)13-14-8-10-15(18)11-9-14/h8-11H,4-7,12-13H2,1-3H3,(H,19,20). The van der Waals surface area contributed by atoms with Gasteiger partial charge in [0.25, 0.3) is 0 Å². The van der Waals surface area contributed by atoms with E-state index in [-0.39, 0.29) is 11.8 Å². The van der Waals surface area contributed by atoms with Crippen LogP contribution in [0.25, 0.3) is 0 Å². The molecule has 1 rings (SSSR count). The lowest BCUT2D eigenvalue weighted by Gasteiger charge is -2.22. The van der Waals surface area contributed by atoms with Crippen LogP contribution in [0.1, 0.15) is 31.7 Å². The summed E-state index contributed by atoms with van der Waals surface area (Å²) >= 11 is 0. The third-order valence-corrected chi connectivity index (χ3v) is 3.31. The lowest BCUT2D eigenvalue weighted by Crippen LogP contribution is -2.38. The van der Waals surface area contributed by atoms with E-state index in [0.717, 1.165) is 30.9 Å². The van der Waals surface area contributed by atoms with E-state index in [1.165, 1.54) is 19.2 Å². The number of hydrogen-bond acceptors (Lipinski definition) is 3. The molecule has 0 radical (unpaired) electrons. The first-order valence-corrected chi connectivity index (χ1v) is 7.87. The molecule has 0 aromatic heterocycles. The van der Waals surface area contributed by atoms with Crippen LogP contribution in [0.15, 0.2) is 29.3 Å². The van der Waals surface area contributed by atoms with Gasteiger partial charge < -0.3 is 15.0 Å². The van der Waals surface area contributed by atoms with Gasteiger partial charge in [0.05, 0.1) is 7.11 Å². The maximum atomic E-state index is 12.9. The molecule has 0 spiro atoms. The zero-order chi connectivity index (χ0) is 17.1. The maximum absolute atomic E-state index is 12.9. The summed E-state index contributed by atoms with van der Waals surface area (Å²) in [7, 11) is 3.34. The Labute approximate surface area is 137 Å². The second-order valence-corrected chi connectivity index (χ2v) is 5.25. The highest BCUT2D eigenvalue weighted by Crippen LogP contribution is 2.06. The molecule has 0 saturated carbocycles. The highest BCUT2D eigenvalue weighted by atomic mass is 19.1. The molecule has 0 heterocycles. The van der Waals surface area contributed by atoms with E-state index in [1.54, 1.807) is 12.1 Å². The predicted octanol–water partition coefficient (Wildman–Crippen LogP) is 2.57. The largest absolute Gasteiger partial charge is 0.469 e. The minimum atomic E-state index is -0.234. The third-order valence-electron chi connectivity index (χ3n) is 3.31. The first-order valence-electron chi connectivity index (χ1n) is 7.87. The van der Waals surface area contributed by atoms with Crippen molar-refractivity contribution in [3.63, 3.8) is 0 Å². The van der Waals surface area contributed by atoms with Crippen LogP contribution < -0.4 is 5.32 Å². The molecule has 0 aliphatic carbocycles. The molecule has 0 aliphatic rings. The lowest BCUT2D eigenvalue weighted by molar-refractivity contribution is -0.140. The van der Waals surface area contributed by atoms with Gasteiger partial charge in [-0.2, -0.15) is 0 Å². The van der Waals surface area contributed by atoms with Crippen LogP contribution in [-0.2, 0) is 16.1 Å². The van der Waals surface area contributed by atoms with Gasteiger partial charge in [0, 0.05) is 33.1 Å². The van der Waals surface area contributed by atoms with E-state index in [4.69, 9.17) is 0 Å². The van der Waals surface area contributed by atoms with Crippen LogP contribution in [0.4, 0.5) is 4.39 Å². The molecular weight excluding hydrogens is 297 g/mol. The van der Waals surface area contributed by atoms with Gasteiger partial charge in [-0.15, -0.1) is 0 Å². The fourth-order valence-corrected chi connectivity index (χ4v) is 2.08. The number of rotatable bonds is 8. The van der Waals surface area contributed by atoms with Crippen molar-refractivity contribution in [3.8, 4) is 0 Å². The van der Waals surface area contributed by atoms with Gasteiger partial charge in [0.15, 0.2) is 5.96 Å². The summed E-state index contributed by atoms with van der Waals surface area (Å²) in [6.07, 6.45) is 2.01. The summed E-state index contributed by atoms with van der Waals surface area (Å²) in [5, 5.41) is 3.24. The second kappa shape index (κ2) is 10.6. The van der Waals surface area contributed by atoms with E-state index in [1.807, 2.05) is 18.9 Å². The number of nitrogens with zero attached hydrogens (tertiary/aromatic N) is 2. The van der Waals surface area contributed by atoms with Crippen molar-refractivity contribution in [2.75, 3.05) is 27.2 Å². The molecule has 1 N–H and O–H groups in total. The lowest BCUT2D eigenvalue weighted by atomic mass is 10.2. The van der Waals surface area contributed by atoms with Crippen molar-refractivity contribution in [3.05, 3.63) is 35.6 Å². The molecule has 6 heteroatoms. The van der Waals surface area contributed by atoms with Gasteiger partial charge in [-0.25, -0.2) is 4.39 Å². The molecule has 0 fully saturated rings. The number of methoxy groups -OCH3 is 1. The smallest absolute Gasteiger partial charge is 0.305 e. The van der Waals surface area contributed by atoms with E-state index < -0.39 is 0 Å². The van der Waals surface area contributed by atoms with Gasteiger partial charge >= 0.3 is 5.97 Å². The number of benzene rings is 1. The Morgan fingerprint density at radius 3 is 2.61 bits per heavy atom. The molecule has 1 aromatic rings. The topological polar surface area (TPSA) is 53.9 Å². The summed E-state index contributed by atoms with van der Waals surface area (Å²) in [5.41, 5.74) is 1.02. The van der Waals surface area contributed by atoms with Crippen molar-refractivity contribution < 1.29 is 13.9 Å². The number of guanidine groups is 1. The molecule has 0 aliphatic heterocycles. The van der Waals surface area contributed by atoms with Crippen molar-refractivity contribution in [2.45, 2.75) is 32.7 Å². The van der Waals surface area contributed by atoms with Crippen molar-refractivity contribution in [1.82, 2.24) is 10.2 Å². The summed E-state index contributed by atoms with van der Waals surface area (Å²) in [5.74, 6) is 0.381. The van der Waals surface area contributed by atoms with Gasteiger partial charge in [-0.05, 0) is 37.5 Å². The second-order valence-electron chi connectivity index (χ2n) is 5.25. The summed E-state index contributed by atoms with van der Waals surface area (Å²) in [6, 6.07) is 6.46. The fourth-order valence-electron chi connectivity index (χ4n) is 2.08. The molecule has 0 saturated heterocycles. The number of carbonyl (C=O) groups excluding carboxylic acids is 1. The number of halogens is 1. The number of hydrogen-bond donors (Lipinski definition) is 1. The predicted molar refractivity (Wildman–Crippen MR) is 89.7 cm³/mol. The minimum absolute atomic E-state index is 0.186. The van der Waals surface area contributed by atoms with Crippen molar-refractivity contribution in [1.29, 1.82) is 0 Å². The summed E-state index contributed by atoms with van der Waals surface area (Å²) in [4.78, 5) is 17.6. The molecular formula is C17H26FN3O2. The quantitative estimate of drug-likeness (QED) is 0.346. The molecule has 5 nitrogen and oxygen atoms in total. The number of ether oxygens (including phenoxy) is 1. The van der Waals surface area contributed by atoms with Gasteiger partial charge in [0.1, 0.15) is 5.82 Å². The SMILES string of the molecule is CCNC(=NCCCCC(=O)OC)N(C)Cc1ccc(F)cc1. The van der Waals surface area contributed by atoms with Gasteiger partial charge in [-0.1, -0.05) is 12.1 Å². The Balaban J connectivity index is 2.49. The number of esters is 1. The van der Waals surface area contributed by atoms with Crippen LogP contribution in [0.3, 0.4) is 0 Å². The van der Waals surface area contributed by atoms with Crippen LogP contribution in [0.5, 0.6) is 0 Å². The van der Waals surface area contributed by atoms with Crippen LogP contribution in [0, 0.1) is 5.82 Å². The van der Waals surface area contributed by atoms with Crippen LogP contribution in [-0.4, -0.2) is 44.1 Å². The first-order chi connectivity index (χ1) is 11.1. The van der Waals surface area contributed by atoms with Crippen LogP contribution >= 0.6 is 0 Å². The minimum Gasteiger partial charge on any atom is -0.469 e. The monoisotopic (exact) mass is 323 g/mol. The van der Waals surface area contributed by atoms with Gasteiger partial charge in [0.2, 0.25) is 0 Å². The normalized spacial score (nSPS) is 11.2. The fraction of sp³-hybridized carbons (Fsp3) is 0.529. The molecule has 0 bridgehead atoms. The first kappa shape index (κ1) is 18.9. The Bertz CT molecular complexity index is 503. The summed E-state index contributed by atoms with van der Waals surface area (Å²) < 4.78 is 17.5.